The van der Waals surface area contributed by atoms with Gasteiger partial charge >= 0.3 is 5.97 Å². The van der Waals surface area contributed by atoms with Crippen molar-refractivity contribution in [1.29, 1.82) is 0 Å². The van der Waals surface area contributed by atoms with E-state index in [1.165, 1.54) is 14.0 Å². The predicted molar refractivity (Wildman–Crippen MR) is 104 cm³/mol. The summed E-state index contributed by atoms with van der Waals surface area (Å²) in [7, 11) is 1.28. The Morgan fingerprint density at radius 1 is 1.04 bits per heavy atom. The molecule has 0 radical (unpaired) electrons. The zero-order valence-electron chi connectivity index (χ0n) is 16.0. The van der Waals surface area contributed by atoms with Crippen LogP contribution in [0.3, 0.4) is 0 Å². The number of para-hydroxylation sites is 1. The van der Waals surface area contributed by atoms with Crippen LogP contribution in [-0.4, -0.2) is 30.9 Å². The molecule has 0 fully saturated rings. The molecule has 2 amide bonds. The number of anilines is 1. The molecular formula is C21H24N2O4. The minimum atomic E-state index is -0.838. The van der Waals surface area contributed by atoms with Gasteiger partial charge < -0.3 is 15.4 Å². The largest absolute Gasteiger partial charge is 0.467 e. The molecule has 0 bridgehead atoms. The molecule has 0 aliphatic heterocycles. The first-order valence-corrected chi connectivity index (χ1v) is 8.63. The van der Waals surface area contributed by atoms with Crippen molar-refractivity contribution in [1.82, 2.24) is 5.32 Å². The van der Waals surface area contributed by atoms with Crippen LogP contribution in [0.15, 0.2) is 42.5 Å². The third-order valence-corrected chi connectivity index (χ3v) is 4.28. The Kier molecular flexibility index (Phi) is 6.71. The summed E-state index contributed by atoms with van der Waals surface area (Å²) in [6.07, 6.45) is 0.307. The highest BCUT2D eigenvalue weighted by Crippen LogP contribution is 2.16. The number of rotatable bonds is 6. The third kappa shape index (κ3) is 5.41. The Hall–Kier alpha value is -3.15. The minimum absolute atomic E-state index is 0.279. The maximum absolute atomic E-state index is 12.7. The number of carbonyl (C=O) groups excluding carboxylic acids is 3. The number of amides is 2. The number of benzene rings is 2. The number of methoxy groups -OCH3 is 1. The molecule has 0 aliphatic rings. The molecule has 0 aromatic heterocycles. The number of hydrogen-bond donors (Lipinski definition) is 2. The van der Waals surface area contributed by atoms with Crippen molar-refractivity contribution in [3.63, 3.8) is 0 Å². The van der Waals surface area contributed by atoms with E-state index < -0.39 is 17.9 Å². The van der Waals surface area contributed by atoms with Gasteiger partial charge in [0, 0.05) is 13.3 Å². The summed E-state index contributed by atoms with van der Waals surface area (Å²) in [6, 6.07) is 11.7. The average Bonchev–Trinajstić information content (AvgIpc) is 2.63. The van der Waals surface area contributed by atoms with Crippen LogP contribution in [0.1, 0.15) is 34.0 Å². The second-order valence-electron chi connectivity index (χ2n) is 6.40. The molecule has 27 heavy (non-hydrogen) atoms. The van der Waals surface area contributed by atoms with Crippen molar-refractivity contribution in [2.45, 2.75) is 33.2 Å². The van der Waals surface area contributed by atoms with Crippen LogP contribution in [0.25, 0.3) is 0 Å². The van der Waals surface area contributed by atoms with Gasteiger partial charge in [0.2, 0.25) is 5.91 Å². The monoisotopic (exact) mass is 368 g/mol. The molecule has 142 valence electrons. The quantitative estimate of drug-likeness (QED) is 0.768. The van der Waals surface area contributed by atoms with E-state index in [4.69, 9.17) is 4.74 Å². The molecule has 2 aromatic carbocycles. The summed E-state index contributed by atoms with van der Waals surface area (Å²) in [4.78, 5) is 36.3. The first-order chi connectivity index (χ1) is 12.8. The number of esters is 1. The van der Waals surface area contributed by atoms with E-state index in [1.807, 2.05) is 32.0 Å². The Balaban J connectivity index is 2.23. The molecule has 0 aliphatic carbocycles. The zero-order valence-corrected chi connectivity index (χ0v) is 16.0. The van der Waals surface area contributed by atoms with Gasteiger partial charge in [-0.25, -0.2) is 4.79 Å². The fourth-order valence-corrected chi connectivity index (χ4v) is 2.72. The molecule has 2 rings (SSSR count). The summed E-state index contributed by atoms with van der Waals surface area (Å²) in [5.74, 6) is -1.27. The van der Waals surface area contributed by atoms with Crippen LogP contribution in [0.4, 0.5) is 5.69 Å². The molecule has 0 spiro atoms. The Morgan fingerprint density at radius 2 is 1.74 bits per heavy atom. The van der Waals surface area contributed by atoms with Gasteiger partial charge in [0.05, 0.1) is 18.4 Å². The van der Waals surface area contributed by atoms with Gasteiger partial charge in [0.1, 0.15) is 6.04 Å². The molecule has 0 saturated carbocycles. The van der Waals surface area contributed by atoms with Gasteiger partial charge in [-0.3, -0.25) is 9.59 Å². The van der Waals surface area contributed by atoms with Crippen LogP contribution < -0.4 is 10.6 Å². The zero-order chi connectivity index (χ0) is 20.0. The number of nitrogens with one attached hydrogen (secondary N) is 2. The van der Waals surface area contributed by atoms with Gasteiger partial charge in [-0.1, -0.05) is 30.3 Å². The van der Waals surface area contributed by atoms with Gasteiger partial charge in [-0.05, 0) is 42.7 Å². The number of aryl methyl sites for hydroxylation is 2. The molecule has 6 nitrogen and oxygen atoms in total. The van der Waals surface area contributed by atoms with Gasteiger partial charge in [0.25, 0.3) is 5.91 Å². The van der Waals surface area contributed by atoms with Crippen LogP contribution >= 0.6 is 0 Å². The molecule has 0 heterocycles. The van der Waals surface area contributed by atoms with Gasteiger partial charge in [-0.15, -0.1) is 0 Å². The standard InChI is InChI=1S/C21H24N2O4/c1-13-9-10-16(11-14(13)2)12-19(21(26)27-4)23-20(25)17-7-5-6-8-18(17)22-15(3)24/h5-11,19H,12H2,1-4H3,(H,22,24)(H,23,25)/t19-/m0/s1. The molecule has 1 atom stereocenters. The van der Waals surface area contributed by atoms with Gasteiger partial charge in [-0.2, -0.15) is 0 Å². The second kappa shape index (κ2) is 8.98. The molecule has 6 heteroatoms. The van der Waals surface area contributed by atoms with Crippen LogP contribution in [0, 0.1) is 13.8 Å². The van der Waals surface area contributed by atoms with Crippen molar-refractivity contribution in [2.75, 3.05) is 12.4 Å². The molecular weight excluding hydrogens is 344 g/mol. The van der Waals surface area contributed by atoms with Crippen molar-refractivity contribution in [2.24, 2.45) is 0 Å². The second-order valence-corrected chi connectivity index (χ2v) is 6.40. The maximum Gasteiger partial charge on any atom is 0.328 e. The van der Waals surface area contributed by atoms with E-state index in [0.29, 0.717) is 12.1 Å². The van der Waals surface area contributed by atoms with Crippen molar-refractivity contribution in [3.8, 4) is 0 Å². The summed E-state index contributed by atoms with van der Waals surface area (Å²) in [6.45, 7) is 5.37. The lowest BCUT2D eigenvalue weighted by atomic mass is 10.0. The first kappa shape index (κ1) is 20.2. The van der Waals surface area contributed by atoms with E-state index in [-0.39, 0.29) is 11.5 Å². The number of carbonyl (C=O) groups is 3. The van der Waals surface area contributed by atoms with Crippen LogP contribution in [0.5, 0.6) is 0 Å². The molecule has 2 N–H and O–H groups in total. The van der Waals surface area contributed by atoms with Crippen LogP contribution in [-0.2, 0) is 20.7 Å². The highest BCUT2D eigenvalue weighted by molar-refractivity contribution is 6.04. The van der Waals surface area contributed by atoms with E-state index in [1.54, 1.807) is 24.3 Å². The SMILES string of the molecule is COC(=O)[C@H](Cc1ccc(C)c(C)c1)NC(=O)c1ccccc1NC(C)=O. The van der Waals surface area contributed by atoms with Crippen molar-refractivity contribution < 1.29 is 19.1 Å². The van der Waals surface area contributed by atoms with E-state index in [9.17, 15) is 14.4 Å². The topological polar surface area (TPSA) is 84.5 Å². The Labute approximate surface area is 158 Å². The van der Waals surface area contributed by atoms with E-state index >= 15 is 0 Å². The normalized spacial score (nSPS) is 11.4. The lowest BCUT2D eigenvalue weighted by Crippen LogP contribution is -2.43. The lowest BCUT2D eigenvalue weighted by molar-refractivity contribution is -0.142. The molecule has 2 aromatic rings. The summed E-state index contributed by atoms with van der Waals surface area (Å²) in [5, 5.41) is 5.33. The van der Waals surface area contributed by atoms with Crippen molar-refractivity contribution >= 4 is 23.5 Å². The maximum atomic E-state index is 12.7. The van der Waals surface area contributed by atoms with E-state index in [0.717, 1.165) is 16.7 Å². The van der Waals surface area contributed by atoms with Crippen molar-refractivity contribution in [3.05, 3.63) is 64.7 Å². The van der Waals surface area contributed by atoms with Crippen LogP contribution in [0.2, 0.25) is 0 Å². The number of hydrogen-bond acceptors (Lipinski definition) is 4. The Bertz CT molecular complexity index is 861. The predicted octanol–water partition coefficient (Wildman–Crippen LogP) is 2.78. The Morgan fingerprint density at radius 3 is 2.37 bits per heavy atom. The highest BCUT2D eigenvalue weighted by atomic mass is 16.5. The third-order valence-electron chi connectivity index (χ3n) is 4.28. The summed E-state index contributed by atoms with van der Waals surface area (Å²) < 4.78 is 4.85. The fourth-order valence-electron chi connectivity index (χ4n) is 2.72. The first-order valence-electron chi connectivity index (χ1n) is 8.63. The lowest BCUT2D eigenvalue weighted by Gasteiger charge is -2.18. The fraction of sp³-hybridized carbons (Fsp3) is 0.286. The summed E-state index contributed by atoms with van der Waals surface area (Å²) >= 11 is 0. The highest BCUT2D eigenvalue weighted by Gasteiger charge is 2.24. The molecule has 0 saturated heterocycles. The minimum Gasteiger partial charge on any atom is -0.467 e. The van der Waals surface area contributed by atoms with Gasteiger partial charge in [0.15, 0.2) is 0 Å². The molecule has 0 unspecified atom stereocenters. The number of ether oxygens (including phenoxy) is 1. The van der Waals surface area contributed by atoms with E-state index in [2.05, 4.69) is 10.6 Å². The summed E-state index contributed by atoms with van der Waals surface area (Å²) in [5.41, 5.74) is 3.85. The average molecular weight is 368 g/mol. The smallest absolute Gasteiger partial charge is 0.328 e.